The summed E-state index contributed by atoms with van der Waals surface area (Å²) in [5.74, 6) is -2.25. The van der Waals surface area contributed by atoms with Crippen molar-refractivity contribution in [3.05, 3.63) is 34.9 Å². The minimum atomic E-state index is -0.819. The molecule has 0 aromatic heterocycles. The van der Waals surface area contributed by atoms with Crippen molar-refractivity contribution in [1.29, 1.82) is 0 Å². The van der Waals surface area contributed by atoms with Gasteiger partial charge in [-0.2, -0.15) is 0 Å². The average Bonchev–Trinajstić information content (AvgIpc) is 2.17. The number of benzene rings is 1. The molecule has 1 rings (SSSR count). The lowest BCUT2D eigenvalue weighted by molar-refractivity contribution is 0.0977. The van der Waals surface area contributed by atoms with Gasteiger partial charge in [0.2, 0.25) is 0 Å². The van der Waals surface area contributed by atoms with Crippen LogP contribution < -0.4 is 5.73 Å². The molecule has 0 aliphatic heterocycles. The molecule has 0 heterocycles. The summed E-state index contributed by atoms with van der Waals surface area (Å²) in [7, 11) is 0. The van der Waals surface area contributed by atoms with Gasteiger partial charge in [0.1, 0.15) is 11.6 Å². The Bertz CT molecular complexity index is 402. The van der Waals surface area contributed by atoms with E-state index in [0.717, 1.165) is 6.07 Å². The molecular weight excluding hydrogens is 212 g/mol. The highest BCUT2D eigenvalue weighted by Crippen LogP contribution is 2.24. The number of carbonyl (C=O) groups is 1. The molecule has 0 aliphatic rings. The number of hydrogen-bond acceptors (Lipinski definition) is 2. The van der Waals surface area contributed by atoms with E-state index >= 15 is 0 Å². The molecule has 0 radical (unpaired) electrons. The first-order chi connectivity index (χ1) is 7.49. The monoisotopic (exact) mass is 227 g/mol. The van der Waals surface area contributed by atoms with Crippen LogP contribution in [0.2, 0.25) is 0 Å². The van der Waals surface area contributed by atoms with Gasteiger partial charge in [0.15, 0.2) is 5.78 Å². The maximum atomic E-state index is 13.9. The Kier molecular flexibility index (Phi) is 4.12. The Morgan fingerprint density at radius 3 is 2.50 bits per heavy atom. The molecule has 0 atom stereocenters. The summed E-state index contributed by atoms with van der Waals surface area (Å²) in [4.78, 5) is 11.5. The zero-order valence-electron chi connectivity index (χ0n) is 9.39. The topological polar surface area (TPSA) is 43.1 Å². The Hall–Kier alpha value is -1.29. The largest absolute Gasteiger partial charge is 0.330 e. The third-order valence-corrected chi connectivity index (χ3v) is 2.39. The first-order valence-electron chi connectivity index (χ1n) is 5.20. The van der Waals surface area contributed by atoms with Crippen LogP contribution in [0.25, 0.3) is 0 Å². The van der Waals surface area contributed by atoms with E-state index in [1.165, 1.54) is 6.07 Å². The van der Waals surface area contributed by atoms with E-state index in [9.17, 15) is 13.6 Å². The first-order valence-corrected chi connectivity index (χ1v) is 5.20. The molecular formula is C12H15F2NO. The van der Waals surface area contributed by atoms with Crippen molar-refractivity contribution in [2.45, 2.75) is 26.2 Å². The smallest absolute Gasteiger partial charge is 0.170 e. The van der Waals surface area contributed by atoms with Crippen LogP contribution in [-0.2, 0) is 0 Å². The quantitative estimate of drug-likeness (QED) is 0.803. The molecule has 0 fully saturated rings. The molecule has 16 heavy (non-hydrogen) atoms. The van der Waals surface area contributed by atoms with Gasteiger partial charge in [-0.1, -0.05) is 19.9 Å². The highest BCUT2D eigenvalue weighted by Gasteiger charge is 2.20. The molecule has 0 bridgehead atoms. The van der Waals surface area contributed by atoms with Gasteiger partial charge in [-0.15, -0.1) is 0 Å². The summed E-state index contributed by atoms with van der Waals surface area (Å²) < 4.78 is 27.2. The lowest BCUT2D eigenvalue weighted by Gasteiger charge is -2.11. The molecule has 0 amide bonds. The van der Waals surface area contributed by atoms with Gasteiger partial charge >= 0.3 is 0 Å². The third kappa shape index (κ3) is 2.44. The predicted octanol–water partition coefficient (Wildman–Crippen LogP) is 2.62. The zero-order valence-corrected chi connectivity index (χ0v) is 9.39. The van der Waals surface area contributed by atoms with E-state index in [4.69, 9.17) is 5.73 Å². The van der Waals surface area contributed by atoms with Crippen LogP contribution in [0.15, 0.2) is 12.1 Å². The Balaban J connectivity index is 3.26. The zero-order chi connectivity index (χ0) is 12.3. The second-order valence-electron chi connectivity index (χ2n) is 3.94. The van der Waals surface area contributed by atoms with Crippen molar-refractivity contribution >= 4 is 5.78 Å². The predicted molar refractivity (Wildman–Crippen MR) is 58.4 cm³/mol. The molecule has 88 valence electrons. The number of halogens is 2. The Labute approximate surface area is 93.5 Å². The molecule has 1 aromatic carbocycles. The van der Waals surface area contributed by atoms with E-state index in [1.54, 1.807) is 13.8 Å². The van der Waals surface area contributed by atoms with E-state index in [2.05, 4.69) is 0 Å². The van der Waals surface area contributed by atoms with E-state index in [1.807, 2.05) is 0 Å². The molecule has 0 aliphatic carbocycles. The number of hydrogen-bond donors (Lipinski definition) is 1. The molecule has 0 saturated carbocycles. The third-order valence-electron chi connectivity index (χ3n) is 2.39. The maximum absolute atomic E-state index is 13.9. The molecule has 0 unspecified atom stereocenters. The number of ketones is 1. The SMILES string of the molecule is CC(C)c1ccc(F)c(C(=O)CCN)c1F. The van der Waals surface area contributed by atoms with Crippen molar-refractivity contribution < 1.29 is 13.6 Å². The van der Waals surface area contributed by atoms with Crippen LogP contribution in [0, 0.1) is 11.6 Å². The lowest BCUT2D eigenvalue weighted by Crippen LogP contribution is -2.13. The maximum Gasteiger partial charge on any atom is 0.170 e. The van der Waals surface area contributed by atoms with Gasteiger partial charge in [0, 0.05) is 6.42 Å². The number of rotatable bonds is 4. The van der Waals surface area contributed by atoms with E-state index in [-0.39, 0.29) is 18.9 Å². The van der Waals surface area contributed by atoms with Gasteiger partial charge < -0.3 is 5.73 Å². The van der Waals surface area contributed by atoms with E-state index in [0.29, 0.717) is 5.56 Å². The normalized spacial score (nSPS) is 10.9. The van der Waals surface area contributed by atoms with Crippen LogP contribution in [-0.4, -0.2) is 12.3 Å². The van der Waals surface area contributed by atoms with Crippen molar-refractivity contribution in [3.63, 3.8) is 0 Å². The van der Waals surface area contributed by atoms with Crippen molar-refractivity contribution in [3.8, 4) is 0 Å². The lowest BCUT2D eigenvalue weighted by atomic mass is 9.97. The molecule has 2 N–H and O–H groups in total. The summed E-state index contributed by atoms with van der Waals surface area (Å²) in [6.45, 7) is 3.66. The summed E-state index contributed by atoms with van der Waals surface area (Å²) in [6, 6.07) is 2.50. The standard InChI is InChI=1S/C12H15F2NO/c1-7(2)8-3-4-9(13)11(12(8)14)10(16)5-6-15/h3-4,7H,5-6,15H2,1-2H3. The van der Waals surface area contributed by atoms with Crippen LogP contribution in [0.4, 0.5) is 8.78 Å². The fourth-order valence-electron chi connectivity index (χ4n) is 1.53. The summed E-state index contributed by atoms with van der Waals surface area (Å²) in [5.41, 5.74) is 5.09. The van der Waals surface area contributed by atoms with Crippen molar-refractivity contribution in [1.82, 2.24) is 0 Å². The molecule has 4 heteroatoms. The van der Waals surface area contributed by atoms with Crippen LogP contribution in [0.1, 0.15) is 42.1 Å². The van der Waals surface area contributed by atoms with Crippen LogP contribution >= 0.6 is 0 Å². The summed E-state index contributed by atoms with van der Waals surface area (Å²) in [5, 5.41) is 0. The number of Topliss-reactive ketones (excluding diaryl/α,β-unsaturated/α-hetero) is 1. The molecule has 2 nitrogen and oxygen atoms in total. The fraction of sp³-hybridized carbons (Fsp3) is 0.417. The average molecular weight is 227 g/mol. The summed E-state index contributed by atoms with van der Waals surface area (Å²) in [6.07, 6.45) is -0.0462. The summed E-state index contributed by atoms with van der Waals surface area (Å²) >= 11 is 0. The molecule has 1 aromatic rings. The second kappa shape index (κ2) is 5.16. The molecule has 0 spiro atoms. The minimum absolute atomic E-state index is 0.0462. The van der Waals surface area contributed by atoms with E-state index < -0.39 is 23.0 Å². The fourth-order valence-corrected chi connectivity index (χ4v) is 1.53. The molecule has 0 saturated heterocycles. The van der Waals surface area contributed by atoms with Crippen LogP contribution in [0.5, 0.6) is 0 Å². The highest BCUT2D eigenvalue weighted by atomic mass is 19.1. The van der Waals surface area contributed by atoms with Crippen molar-refractivity contribution in [2.24, 2.45) is 5.73 Å². The van der Waals surface area contributed by atoms with Gasteiger partial charge in [0.05, 0.1) is 5.56 Å². The van der Waals surface area contributed by atoms with Gasteiger partial charge in [-0.25, -0.2) is 8.78 Å². The number of nitrogens with two attached hydrogens (primary N) is 1. The Morgan fingerprint density at radius 2 is 2.00 bits per heavy atom. The van der Waals surface area contributed by atoms with Crippen molar-refractivity contribution in [2.75, 3.05) is 6.54 Å². The minimum Gasteiger partial charge on any atom is -0.330 e. The highest BCUT2D eigenvalue weighted by molar-refractivity contribution is 5.96. The van der Waals surface area contributed by atoms with Gasteiger partial charge in [0.25, 0.3) is 0 Å². The van der Waals surface area contributed by atoms with Crippen LogP contribution in [0.3, 0.4) is 0 Å². The Morgan fingerprint density at radius 1 is 1.38 bits per heavy atom. The number of carbonyl (C=O) groups excluding carboxylic acids is 1. The van der Waals surface area contributed by atoms with Gasteiger partial charge in [-0.3, -0.25) is 4.79 Å². The first kappa shape index (κ1) is 12.8. The van der Waals surface area contributed by atoms with Gasteiger partial charge in [-0.05, 0) is 24.1 Å². The second-order valence-corrected chi connectivity index (χ2v) is 3.94.